The first-order valence-electron chi connectivity index (χ1n) is 5.09. The Morgan fingerprint density at radius 2 is 2.20 bits per heavy atom. The SMILES string of the molecule is CC(C)(C)C(N)CNCc1sccc1Br. The molecule has 1 atom stereocenters. The molecule has 0 bridgehead atoms. The normalized spacial score (nSPS) is 14.2. The van der Waals surface area contributed by atoms with Crippen molar-refractivity contribution >= 4 is 27.3 Å². The van der Waals surface area contributed by atoms with Crippen LogP contribution >= 0.6 is 27.3 Å². The number of halogens is 1. The van der Waals surface area contributed by atoms with E-state index in [9.17, 15) is 0 Å². The molecule has 3 N–H and O–H groups in total. The zero-order valence-corrected chi connectivity index (χ0v) is 11.9. The maximum absolute atomic E-state index is 6.06. The van der Waals surface area contributed by atoms with Gasteiger partial charge in [-0.15, -0.1) is 11.3 Å². The van der Waals surface area contributed by atoms with Crippen LogP contribution in [0.25, 0.3) is 0 Å². The van der Waals surface area contributed by atoms with E-state index in [0.717, 1.165) is 13.1 Å². The van der Waals surface area contributed by atoms with E-state index in [0.29, 0.717) is 0 Å². The molecular formula is C11H19BrN2S. The van der Waals surface area contributed by atoms with Gasteiger partial charge in [0.15, 0.2) is 0 Å². The third kappa shape index (κ3) is 4.23. The number of thiophene rings is 1. The quantitative estimate of drug-likeness (QED) is 0.895. The van der Waals surface area contributed by atoms with Gasteiger partial charge in [0.05, 0.1) is 0 Å². The highest BCUT2D eigenvalue weighted by Crippen LogP contribution is 2.22. The van der Waals surface area contributed by atoms with E-state index in [4.69, 9.17) is 5.73 Å². The number of nitrogens with one attached hydrogen (secondary N) is 1. The Labute approximate surface area is 104 Å². The third-order valence-electron chi connectivity index (χ3n) is 2.45. The minimum Gasteiger partial charge on any atom is -0.326 e. The Kier molecular flexibility index (Phi) is 4.77. The lowest BCUT2D eigenvalue weighted by Crippen LogP contribution is -2.43. The summed E-state index contributed by atoms with van der Waals surface area (Å²) < 4.78 is 1.18. The molecule has 15 heavy (non-hydrogen) atoms. The smallest absolute Gasteiger partial charge is 0.0327 e. The van der Waals surface area contributed by atoms with Crippen molar-refractivity contribution in [2.75, 3.05) is 6.54 Å². The maximum atomic E-state index is 6.06. The molecule has 2 nitrogen and oxygen atoms in total. The lowest BCUT2D eigenvalue weighted by Gasteiger charge is -2.27. The zero-order valence-electron chi connectivity index (χ0n) is 9.51. The fourth-order valence-electron chi connectivity index (χ4n) is 1.10. The summed E-state index contributed by atoms with van der Waals surface area (Å²) in [6.45, 7) is 8.25. The van der Waals surface area contributed by atoms with Crippen LogP contribution in [0.15, 0.2) is 15.9 Å². The molecule has 0 saturated heterocycles. The average molecular weight is 291 g/mol. The van der Waals surface area contributed by atoms with Gasteiger partial charge in [-0.2, -0.15) is 0 Å². The van der Waals surface area contributed by atoms with Crippen LogP contribution in [-0.4, -0.2) is 12.6 Å². The van der Waals surface area contributed by atoms with Crippen LogP contribution in [0.3, 0.4) is 0 Å². The second-order valence-electron chi connectivity index (χ2n) is 4.80. The van der Waals surface area contributed by atoms with Crippen LogP contribution in [-0.2, 0) is 6.54 Å². The molecule has 4 heteroatoms. The van der Waals surface area contributed by atoms with Crippen LogP contribution in [0.2, 0.25) is 0 Å². The van der Waals surface area contributed by atoms with Crippen molar-refractivity contribution in [3.05, 3.63) is 20.8 Å². The van der Waals surface area contributed by atoms with Gasteiger partial charge in [-0.05, 0) is 32.8 Å². The summed E-state index contributed by atoms with van der Waals surface area (Å²) >= 11 is 5.27. The van der Waals surface area contributed by atoms with Gasteiger partial charge >= 0.3 is 0 Å². The minimum absolute atomic E-state index is 0.166. The number of nitrogens with two attached hydrogens (primary N) is 1. The van der Waals surface area contributed by atoms with Gasteiger partial charge in [0.1, 0.15) is 0 Å². The summed E-state index contributed by atoms with van der Waals surface area (Å²) in [5, 5.41) is 5.48. The van der Waals surface area contributed by atoms with Crippen LogP contribution in [0.4, 0.5) is 0 Å². The Balaban J connectivity index is 2.31. The highest BCUT2D eigenvalue weighted by molar-refractivity contribution is 9.10. The molecule has 1 heterocycles. The van der Waals surface area contributed by atoms with Crippen LogP contribution < -0.4 is 11.1 Å². The zero-order chi connectivity index (χ0) is 11.5. The molecular weight excluding hydrogens is 272 g/mol. The summed E-state index contributed by atoms with van der Waals surface area (Å²) in [6, 6.07) is 2.27. The standard InChI is InChI=1S/C11H19BrN2S/c1-11(2,3)10(13)7-14-6-9-8(12)4-5-15-9/h4-5,10,14H,6-7,13H2,1-3H3. The Hall–Kier alpha value is 0.100. The molecule has 1 aromatic rings. The summed E-state index contributed by atoms with van der Waals surface area (Å²) in [5.41, 5.74) is 6.22. The van der Waals surface area contributed by atoms with E-state index in [1.807, 2.05) is 0 Å². The van der Waals surface area contributed by atoms with Gasteiger partial charge < -0.3 is 11.1 Å². The van der Waals surface area contributed by atoms with Crippen LogP contribution in [0, 0.1) is 5.41 Å². The van der Waals surface area contributed by atoms with E-state index in [-0.39, 0.29) is 11.5 Å². The first-order chi connectivity index (χ1) is 6.91. The van der Waals surface area contributed by atoms with Crippen molar-refractivity contribution in [1.82, 2.24) is 5.32 Å². The topological polar surface area (TPSA) is 38.0 Å². The molecule has 0 aliphatic carbocycles. The number of rotatable bonds is 4. The molecule has 0 aromatic carbocycles. The van der Waals surface area contributed by atoms with E-state index in [1.54, 1.807) is 11.3 Å². The molecule has 1 aromatic heterocycles. The largest absolute Gasteiger partial charge is 0.326 e. The lowest BCUT2D eigenvalue weighted by atomic mass is 9.87. The lowest BCUT2D eigenvalue weighted by molar-refractivity contribution is 0.309. The molecule has 0 fully saturated rings. The molecule has 0 aliphatic rings. The fourth-order valence-corrected chi connectivity index (χ4v) is 2.56. The van der Waals surface area contributed by atoms with Gasteiger partial charge in [-0.3, -0.25) is 0 Å². The Bertz CT molecular complexity index is 304. The van der Waals surface area contributed by atoms with Crippen molar-refractivity contribution in [2.45, 2.75) is 33.4 Å². The molecule has 0 aliphatic heterocycles. The van der Waals surface area contributed by atoms with Gasteiger partial charge in [0.2, 0.25) is 0 Å². The van der Waals surface area contributed by atoms with E-state index in [1.165, 1.54) is 9.35 Å². The number of hydrogen-bond acceptors (Lipinski definition) is 3. The fraction of sp³-hybridized carbons (Fsp3) is 0.636. The maximum Gasteiger partial charge on any atom is 0.0327 e. The summed E-state index contributed by atoms with van der Waals surface area (Å²) in [4.78, 5) is 1.33. The van der Waals surface area contributed by atoms with E-state index in [2.05, 4.69) is 53.5 Å². The van der Waals surface area contributed by atoms with E-state index < -0.39 is 0 Å². The first-order valence-corrected chi connectivity index (χ1v) is 6.76. The van der Waals surface area contributed by atoms with Gasteiger partial charge in [0.25, 0.3) is 0 Å². The van der Waals surface area contributed by atoms with Crippen LogP contribution in [0.5, 0.6) is 0 Å². The summed E-state index contributed by atoms with van der Waals surface area (Å²) in [7, 11) is 0. The molecule has 86 valence electrons. The Morgan fingerprint density at radius 1 is 1.53 bits per heavy atom. The predicted molar refractivity (Wildman–Crippen MR) is 71.2 cm³/mol. The number of hydrogen-bond donors (Lipinski definition) is 2. The molecule has 1 unspecified atom stereocenters. The molecule has 0 spiro atoms. The minimum atomic E-state index is 0.166. The van der Waals surface area contributed by atoms with Gasteiger partial charge in [-0.25, -0.2) is 0 Å². The monoisotopic (exact) mass is 290 g/mol. The summed E-state index contributed by atoms with van der Waals surface area (Å²) in [5.74, 6) is 0. The average Bonchev–Trinajstić information content (AvgIpc) is 2.50. The van der Waals surface area contributed by atoms with Crippen molar-refractivity contribution < 1.29 is 0 Å². The van der Waals surface area contributed by atoms with Crippen molar-refractivity contribution in [3.8, 4) is 0 Å². The van der Waals surface area contributed by atoms with Gasteiger partial charge in [-0.1, -0.05) is 20.8 Å². The molecule has 0 saturated carbocycles. The van der Waals surface area contributed by atoms with Gasteiger partial charge in [0, 0.05) is 28.5 Å². The first kappa shape index (κ1) is 13.2. The highest BCUT2D eigenvalue weighted by Gasteiger charge is 2.19. The predicted octanol–water partition coefficient (Wildman–Crippen LogP) is 2.97. The van der Waals surface area contributed by atoms with E-state index >= 15 is 0 Å². The van der Waals surface area contributed by atoms with Crippen LogP contribution in [0.1, 0.15) is 25.6 Å². The highest BCUT2D eigenvalue weighted by atomic mass is 79.9. The summed E-state index contributed by atoms with van der Waals surface area (Å²) in [6.07, 6.45) is 0. The molecule has 1 rings (SSSR count). The second kappa shape index (κ2) is 5.43. The molecule has 0 amide bonds. The third-order valence-corrected chi connectivity index (χ3v) is 4.38. The van der Waals surface area contributed by atoms with Crippen molar-refractivity contribution in [2.24, 2.45) is 11.1 Å². The van der Waals surface area contributed by atoms with Crippen molar-refractivity contribution in [3.63, 3.8) is 0 Å². The molecule has 0 radical (unpaired) electrons. The van der Waals surface area contributed by atoms with Crippen molar-refractivity contribution in [1.29, 1.82) is 0 Å². The Morgan fingerprint density at radius 3 is 2.67 bits per heavy atom. The second-order valence-corrected chi connectivity index (χ2v) is 6.65.